The molecule has 0 amide bonds. The molecule has 4 heteroatoms. The summed E-state index contributed by atoms with van der Waals surface area (Å²) in [5.41, 5.74) is 6.18. The molecule has 1 fully saturated rings. The van der Waals surface area contributed by atoms with Crippen LogP contribution in [0.25, 0.3) is 0 Å². The van der Waals surface area contributed by atoms with Gasteiger partial charge in [0.15, 0.2) is 0 Å². The monoisotopic (exact) mass is 252 g/mol. The van der Waals surface area contributed by atoms with Gasteiger partial charge in [0.25, 0.3) is 0 Å². The van der Waals surface area contributed by atoms with Gasteiger partial charge < -0.3 is 14.9 Å². The standard InChI is InChI=1S/C14H24N2O2/c1-4-12-9-18-10(2)8-16(12)14(11(3)15)13-6-5-7-17-13/h5-7,10-12,14H,4,8-9,15H2,1-3H3. The van der Waals surface area contributed by atoms with Crippen LogP contribution in [0.4, 0.5) is 0 Å². The molecule has 2 heterocycles. The van der Waals surface area contributed by atoms with Crippen molar-refractivity contribution in [3.63, 3.8) is 0 Å². The summed E-state index contributed by atoms with van der Waals surface area (Å²) < 4.78 is 11.3. The Kier molecular flexibility index (Phi) is 4.43. The summed E-state index contributed by atoms with van der Waals surface area (Å²) in [5.74, 6) is 0.956. The average molecular weight is 252 g/mol. The molecule has 0 radical (unpaired) electrons. The molecule has 4 nitrogen and oxygen atoms in total. The van der Waals surface area contributed by atoms with Crippen LogP contribution in [0, 0.1) is 0 Å². The van der Waals surface area contributed by atoms with Gasteiger partial charge in [-0.05, 0) is 32.4 Å². The molecule has 1 aliphatic heterocycles. The molecule has 4 unspecified atom stereocenters. The van der Waals surface area contributed by atoms with Crippen LogP contribution in [0.2, 0.25) is 0 Å². The first-order valence-corrected chi connectivity index (χ1v) is 6.79. The Morgan fingerprint density at radius 1 is 1.56 bits per heavy atom. The molecule has 0 spiro atoms. The summed E-state index contributed by atoms with van der Waals surface area (Å²) in [4.78, 5) is 2.44. The van der Waals surface area contributed by atoms with Crippen LogP contribution < -0.4 is 5.73 Å². The van der Waals surface area contributed by atoms with Crippen LogP contribution in [0.1, 0.15) is 39.0 Å². The second kappa shape index (κ2) is 5.87. The predicted octanol–water partition coefficient (Wildman–Crippen LogP) is 2.17. The van der Waals surface area contributed by atoms with Gasteiger partial charge in [0.1, 0.15) is 5.76 Å². The summed E-state index contributed by atoms with van der Waals surface area (Å²) >= 11 is 0. The van der Waals surface area contributed by atoms with Gasteiger partial charge >= 0.3 is 0 Å². The van der Waals surface area contributed by atoms with Crippen molar-refractivity contribution in [1.29, 1.82) is 0 Å². The Labute approximate surface area is 109 Å². The van der Waals surface area contributed by atoms with E-state index in [-0.39, 0.29) is 18.2 Å². The summed E-state index contributed by atoms with van der Waals surface area (Å²) in [6, 6.07) is 4.53. The molecule has 4 atom stereocenters. The third kappa shape index (κ3) is 2.76. The number of furan rings is 1. The van der Waals surface area contributed by atoms with Gasteiger partial charge in [-0.1, -0.05) is 6.92 Å². The lowest BCUT2D eigenvalue weighted by atomic mass is 10.0. The molecule has 0 aliphatic carbocycles. The summed E-state index contributed by atoms with van der Waals surface area (Å²) in [7, 11) is 0. The minimum Gasteiger partial charge on any atom is -0.468 e. The van der Waals surface area contributed by atoms with Crippen molar-refractivity contribution in [2.75, 3.05) is 13.2 Å². The first-order valence-electron chi connectivity index (χ1n) is 6.79. The van der Waals surface area contributed by atoms with Crippen LogP contribution in [-0.2, 0) is 4.74 Å². The van der Waals surface area contributed by atoms with Gasteiger partial charge in [0.2, 0.25) is 0 Å². The Morgan fingerprint density at radius 2 is 2.33 bits per heavy atom. The zero-order chi connectivity index (χ0) is 13.1. The SMILES string of the molecule is CCC1COC(C)CN1C(c1ccco1)C(C)N. The molecule has 1 aromatic heterocycles. The third-order valence-electron chi connectivity index (χ3n) is 3.67. The number of rotatable bonds is 4. The summed E-state index contributed by atoms with van der Waals surface area (Å²) in [6.07, 6.45) is 3.04. The van der Waals surface area contributed by atoms with Gasteiger partial charge in [-0.3, -0.25) is 4.90 Å². The van der Waals surface area contributed by atoms with E-state index in [0.29, 0.717) is 6.04 Å². The van der Waals surface area contributed by atoms with Crippen molar-refractivity contribution >= 4 is 0 Å². The fourth-order valence-corrected chi connectivity index (χ4v) is 2.75. The predicted molar refractivity (Wildman–Crippen MR) is 71.3 cm³/mol. The lowest BCUT2D eigenvalue weighted by Gasteiger charge is -2.43. The smallest absolute Gasteiger partial charge is 0.122 e. The van der Waals surface area contributed by atoms with Crippen molar-refractivity contribution in [1.82, 2.24) is 4.90 Å². The highest BCUT2D eigenvalue weighted by Gasteiger charge is 2.35. The van der Waals surface area contributed by atoms with Crippen LogP contribution in [0.15, 0.2) is 22.8 Å². The number of hydrogen-bond donors (Lipinski definition) is 1. The van der Waals surface area contributed by atoms with E-state index >= 15 is 0 Å². The molecule has 0 aromatic carbocycles. The van der Waals surface area contributed by atoms with Gasteiger partial charge in [-0.2, -0.15) is 0 Å². The van der Waals surface area contributed by atoms with E-state index in [9.17, 15) is 0 Å². The molecule has 2 rings (SSSR count). The van der Waals surface area contributed by atoms with Crippen molar-refractivity contribution in [2.24, 2.45) is 5.73 Å². The van der Waals surface area contributed by atoms with Crippen molar-refractivity contribution in [3.05, 3.63) is 24.2 Å². The zero-order valence-corrected chi connectivity index (χ0v) is 11.5. The second-order valence-corrected chi connectivity index (χ2v) is 5.22. The molecule has 1 aliphatic rings. The number of nitrogens with two attached hydrogens (primary N) is 1. The molecule has 1 aromatic rings. The molecule has 18 heavy (non-hydrogen) atoms. The highest BCUT2D eigenvalue weighted by Crippen LogP contribution is 2.29. The second-order valence-electron chi connectivity index (χ2n) is 5.22. The van der Waals surface area contributed by atoms with Crippen LogP contribution in [-0.4, -0.2) is 36.2 Å². The van der Waals surface area contributed by atoms with Gasteiger partial charge in [0.05, 0.1) is 25.0 Å². The largest absolute Gasteiger partial charge is 0.468 e. The molecule has 0 bridgehead atoms. The maximum Gasteiger partial charge on any atom is 0.122 e. The Hall–Kier alpha value is -0.840. The number of morpholine rings is 1. The molecule has 1 saturated heterocycles. The molecular weight excluding hydrogens is 228 g/mol. The average Bonchev–Trinajstić information content (AvgIpc) is 2.83. The third-order valence-corrected chi connectivity index (χ3v) is 3.67. The normalized spacial score (nSPS) is 29.1. The maximum atomic E-state index is 6.18. The van der Waals surface area contributed by atoms with E-state index in [2.05, 4.69) is 18.7 Å². The Bertz CT molecular complexity index is 351. The number of hydrogen-bond acceptors (Lipinski definition) is 4. The Balaban J connectivity index is 2.23. The molecule has 102 valence electrons. The zero-order valence-electron chi connectivity index (χ0n) is 11.5. The molecular formula is C14H24N2O2. The van der Waals surface area contributed by atoms with Gasteiger partial charge in [-0.25, -0.2) is 0 Å². The van der Waals surface area contributed by atoms with Crippen LogP contribution >= 0.6 is 0 Å². The van der Waals surface area contributed by atoms with Gasteiger partial charge in [0, 0.05) is 18.6 Å². The molecule has 0 saturated carbocycles. The minimum atomic E-state index is 0.0375. The van der Waals surface area contributed by atoms with E-state index in [1.807, 2.05) is 19.1 Å². The quantitative estimate of drug-likeness (QED) is 0.892. The van der Waals surface area contributed by atoms with E-state index in [0.717, 1.165) is 25.3 Å². The minimum absolute atomic E-state index is 0.0375. The van der Waals surface area contributed by atoms with E-state index in [1.165, 1.54) is 0 Å². The number of nitrogens with zero attached hydrogens (tertiary/aromatic N) is 1. The number of ether oxygens (including phenoxy) is 1. The van der Waals surface area contributed by atoms with E-state index in [1.54, 1.807) is 6.26 Å². The first kappa shape index (κ1) is 13.6. The fraction of sp³-hybridized carbons (Fsp3) is 0.714. The lowest BCUT2D eigenvalue weighted by molar-refractivity contribution is -0.0792. The fourth-order valence-electron chi connectivity index (χ4n) is 2.75. The van der Waals surface area contributed by atoms with Crippen molar-refractivity contribution < 1.29 is 9.15 Å². The Morgan fingerprint density at radius 3 is 2.89 bits per heavy atom. The lowest BCUT2D eigenvalue weighted by Crippen LogP contribution is -2.53. The van der Waals surface area contributed by atoms with E-state index < -0.39 is 0 Å². The van der Waals surface area contributed by atoms with Crippen LogP contribution in [0.5, 0.6) is 0 Å². The highest BCUT2D eigenvalue weighted by molar-refractivity contribution is 5.08. The van der Waals surface area contributed by atoms with Crippen molar-refractivity contribution in [3.8, 4) is 0 Å². The molecule has 2 N–H and O–H groups in total. The van der Waals surface area contributed by atoms with Gasteiger partial charge in [-0.15, -0.1) is 0 Å². The van der Waals surface area contributed by atoms with E-state index in [4.69, 9.17) is 14.9 Å². The maximum absolute atomic E-state index is 6.18. The van der Waals surface area contributed by atoms with Crippen LogP contribution in [0.3, 0.4) is 0 Å². The highest BCUT2D eigenvalue weighted by atomic mass is 16.5. The first-order chi connectivity index (χ1) is 8.63. The summed E-state index contributed by atoms with van der Waals surface area (Å²) in [5, 5.41) is 0. The van der Waals surface area contributed by atoms with Crippen molar-refractivity contribution in [2.45, 2.75) is 51.4 Å². The topological polar surface area (TPSA) is 51.6 Å². The summed E-state index contributed by atoms with van der Waals surface area (Å²) in [6.45, 7) is 8.03.